The van der Waals surface area contributed by atoms with Crippen molar-refractivity contribution in [2.75, 3.05) is 11.6 Å². The molecule has 2 amide bonds. The van der Waals surface area contributed by atoms with E-state index in [1.807, 2.05) is 6.07 Å². The molecule has 0 aromatic heterocycles. The van der Waals surface area contributed by atoms with Crippen LogP contribution in [0.1, 0.15) is 5.56 Å². The summed E-state index contributed by atoms with van der Waals surface area (Å²) in [5, 5.41) is 12.8. The lowest BCUT2D eigenvalue weighted by atomic mass is 10.2. The lowest BCUT2D eigenvalue weighted by Crippen LogP contribution is -2.29. The minimum Gasteiger partial charge on any atom is -0.347 e. The quantitative estimate of drug-likeness (QED) is 0.499. The van der Waals surface area contributed by atoms with Crippen molar-refractivity contribution in [3.05, 3.63) is 72.3 Å². The highest BCUT2D eigenvalue weighted by Gasteiger charge is 2.10. The van der Waals surface area contributed by atoms with E-state index in [1.165, 1.54) is 12.1 Å². The van der Waals surface area contributed by atoms with E-state index in [9.17, 15) is 18.0 Å². The van der Waals surface area contributed by atoms with E-state index < -0.39 is 27.4 Å². The average molecular weight is 385 g/mol. The van der Waals surface area contributed by atoms with Gasteiger partial charge in [-0.3, -0.25) is 15.0 Å². The molecule has 140 valence electrons. The first kappa shape index (κ1) is 20.1. The third kappa shape index (κ3) is 6.52. The average Bonchev–Trinajstić information content (AvgIpc) is 2.64. The highest BCUT2D eigenvalue weighted by Crippen LogP contribution is 2.11. The molecule has 0 aliphatic carbocycles. The van der Waals surface area contributed by atoms with E-state index in [4.69, 9.17) is 5.41 Å². The maximum atomic E-state index is 11.9. The van der Waals surface area contributed by atoms with Gasteiger partial charge in [-0.15, -0.1) is 0 Å². The van der Waals surface area contributed by atoms with Gasteiger partial charge in [-0.2, -0.15) is 0 Å². The summed E-state index contributed by atoms with van der Waals surface area (Å²) in [5.41, 5.74) is 0.802. The molecule has 2 aromatic rings. The number of anilines is 1. The molecule has 0 spiro atoms. The summed E-state index contributed by atoms with van der Waals surface area (Å²) in [4.78, 5) is 23.9. The molecule has 0 atom stereocenters. The summed E-state index contributed by atoms with van der Waals surface area (Å²) in [6.45, 7) is 0.0641. The number of rotatable bonds is 7. The summed E-state index contributed by atoms with van der Waals surface area (Å²) in [7, 11) is -3.33. The van der Waals surface area contributed by atoms with Crippen molar-refractivity contribution in [1.82, 2.24) is 5.32 Å². The molecular weight excluding hydrogens is 366 g/mol. The molecule has 0 saturated heterocycles. The molecule has 27 heavy (non-hydrogen) atoms. The molecule has 0 saturated carbocycles. The van der Waals surface area contributed by atoms with Crippen molar-refractivity contribution in [2.45, 2.75) is 11.4 Å². The minimum absolute atomic E-state index is 0.0641. The largest absolute Gasteiger partial charge is 0.347 e. The van der Waals surface area contributed by atoms with Gasteiger partial charge in [-0.1, -0.05) is 30.3 Å². The van der Waals surface area contributed by atoms with E-state index >= 15 is 0 Å². The number of para-hydroxylation sites is 1. The second-order valence-electron chi connectivity index (χ2n) is 5.70. The van der Waals surface area contributed by atoms with Gasteiger partial charge in [0.1, 0.15) is 5.71 Å². The topological polar surface area (TPSA) is 116 Å². The van der Waals surface area contributed by atoms with Gasteiger partial charge in [0.2, 0.25) is 5.91 Å². The molecule has 0 aliphatic heterocycles. The lowest BCUT2D eigenvalue weighted by molar-refractivity contribution is -0.115. The summed E-state index contributed by atoms with van der Waals surface area (Å²) in [5.74, 6) is -1.14. The Morgan fingerprint density at radius 2 is 1.74 bits per heavy atom. The molecule has 0 heterocycles. The molecule has 2 rings (SSSR count). The molecular formula is C19H19N3O4S. The van der Waals surface area contributed by atoms with Crippen LogP contribution in [0, 0.1) is 5.41 Å². The second kappa shape index (κ2) is 8.91. The van der Waals surface area contributed by atoms with Gasteiger partial charge in [-0.05, 0) is 35.9 Å². The molecule has 2 aromatic carbocycles. The molecule has 0 fully saturated rings. The van der Waals surface area contributed by atoms with Crippen LogP contribution in [0.15, 0.2) is 71.6 Å². The van der Waals surface area contributed by atoms with Gasteiger partial charge in [0.25, 0.3) is 5.91 Å². The SMILES string of the molecule is CS(=O)(=O)c1cccc(CNC(=O)C(=N)/C=C\C(=O)Nc2ccccc2)c1. The zero-order valence-electron chi connectivity index (χ0n) is 14.6. The highest BCUT2D eigenvalue weighted by atomic mass is 32.2. The fourth-order valence-corrected chi connectivity index (χ4v) is 2.79. The van der Waals surface area contributed by atoms with Crippen molar-refractivity contribution < 1.29 is 18.0 Å². The fraction of sp³-hybridized carbons (Fsp3) is 0.105. The van der Waals surface area contributed by atoms with Crippen LogP contribution >= 0.6 is 0 Å². The number of amides is 2. The molecule has 8 heteroatoms. The first-order chi connectivity index (χ1) is 12.8. The molecule has 3 N–H and O–H groups in total. The Morgan fingerprint density at radius 3 is 2.41 bits per heavy atom. The van der Waals surface area contributed by atoms with Crippen LogP contribution in [0.3, 0.4) is 0 Å². The van der Waals surface area contributed by atoms with Gasteiger partial charge in [0.15, 0.2) is 9.84 Å². The monoisotopic (exact) mass is 385 g/mol. The predicted octanol–water partition coefficient (Wildman–Crippen LogP) is 1.92. The number of hydrogen-bond donors (Lipinski definition) is 3. The van der Waals surface area contributed by atoms with Gasteiger partial charge in [0, 0.05) is 24.6 Å². The van der Waals surface area contributed by atoms with Crippen LogP contribution < -0.4 is 10.6 Å². The van der Waals surface area contributed by atoms with Crippen LogP contribution in [-0.4, -0.2) is 32.2 Å². The Bertz CT molecular complexity index is 983. The van der Waals surface area contributed by atoms with Crippen LogP contribution in [0.5, 0.6) is 0 Å². The molecule has 0 unspecified atom stereocenters. The maximum absolute atomic E-state index is 11.9. The van der Waals surface area contributed by atoms with E-state index in [0.717, 1.165) is 18.4 Å². The molecule has 0 radical (unpaired) electrons. The number of hydrogen-bond acceptors (Lipinski definition) is 5. The van der Waals surface area contributed by atoms with Crippen molar-refractivity contribution >= 4 is 33.1 Å². The molecule has 0 aliphatic rings. The molecule has 0 bridgehead atoms. The van der Waals surface area contributed by atoms with Crippen LogP contribution in [-0.2, 0) is 26.0 Å². The van der Waals surface area contributed by atoms with E-state index in [0.29, 0.717) is 11.3 Å². The Labute approximate surface area is 157 Å². The Morgan fingerprint density at radius 1 is 1.04 bits per heavy atom. The third-order valence-corrected chi connectivity index (χ3v) is 4.58. The van der Waals surface area contributed by atoms with Crippen LogP contribution in [0.4, 0.5) is 5.69 Å². The lowest BCUT2D eigenvalue weighted by Gasteiger charge is -2.06. The number of carbonyl (C=O) groups excluding carboxylic acids is 2. The zero-order valence-corrected chi connectivity index (χ0v) is 15.4. The van der Waals surface area contributed by atoms with E-state index in [2.05, 4.69) is 10.6 Å². The Hall–Kier alpha value is -3.26. The van der Waals surface area contributed by atoms with E-state index in [-0.39, 0.29) is 11.4 Å². The van der Waals surface area contributed by atoms with Gasteiger partial charge in [0.05, 0.1) is 4.90 Å². The fourth-order valence-electron chi connectivity index (χ4n) is 2.10. The minimum atomic E-state index is -3.33. The van der Waals surface area contributed by atoms with Gasteiger partial charge < -0.3 is 10.6 Å². The first-order valence-electron chi connectivity index (χ1n) is 7.95. The Kier molecular flexibility index (Phi) is 6.62. The van der Waals surface area contributed by atoms with Gasteiger partial charge >= 0.3 is 0 Å². The van der Waals surface area contributed by atoms with Crippen LogP contribution in [0.25, 0.3) is 0 Å². The summed E-state index contributed by atoms with van der Waals surface area (Å²) >= 11 is 0. The number of carbonyl (C=O) groups is 2. The summed E-state index contributed by atoms with van der Waals surface area (Å²) in [6, 6.07) is 15.0. The molecule has 7 nitrogen and oxygen atoms in total. The van der Waals surface area contributed by atoms with Crippen LogP contribution in [0.2, 0.25) is 0 Å². The van der Waals surface area contributed by atoms with Crippen molar-refractivity contribution in [2.24, 2.45) is 0 Å². The second-order valence-corrected chi connectivity index (χ2v) is 7.72. The number of benzene rings is 2. The summed E-state index contributed by atoms with van der Waals surface area (Å²) in [6.07, 6.45) is 3.30. The van der Waals surface area contributed by atoms with Crippen molar-refractivity contribution in [1.29, 1.82) is 5.41 Å². The zero-order chi connectivity index (χ0) is 19.9. The number of sulfone groups is 1. The third-order valence-electron chi connectivity index (χ3n) is 3.47. The predicted molar refractivity (Wildman–Crippen MR) is 103 cm³/mol. The van der Waals surface area contributed by atoms with E-state index in [1.54, 1.807) is 36.4 Å². The van der Waals surface area contributed by atoms with Crippen molar-refractivity contribution in [3.8, 4) is 0 Å². The van der Waals surface area contributed by atoms with Crippen molar-refractivity contribution in [3.63, 3.8) is 0 Å². The summed E-state index contributed by atoms with van der Waals surface area (Å²) < 4.78 is 23.1. The normalized spacial score (nSPS) is 11.1. The number of nitrogens with one attached hydrogen (secondary N) is 3. The first-order valence-corrected chi connectivity index (χ1v) is 9.85. The standard InChI is InChI=1S/C19H19N3O4S/c1-27(25,26)16-9-5-6-14(12-16)13-21-19(24)17(20)10-11-18(23)22-15-7-3-2-4-8-15/h2-12,20H,13H2,1H3,(H,21,24)(H,22,23)/b11-10-,20-17?. The smallest absolute Gasteiger partial charge is 0.269 e. The Balaban J connectivity index is 1.88. The highest BCUT2D eigenvalue weighted by molar-refractivity contribution is 7.90. The van der Waals surface area contributed by atoms with Gasteiger partial charge in [-0.25, -0.2) is 8.42 Å². The maximum Gasteiger partial charge on any atom is 0.269 e.